The zero-order valence-electron chi connectivity index (χ0n) is 14.9. The van der Waals surface area contributed by atoms with Crippen molar-refractivity contribution in [3.63, 3.8) is 0 Å². The van der Waals surface area contributed by atoms with Gasteiger partial charge in [-0.25, -0.2) is 4.39 Å². The molecule has 5 nitrogen and oxygen atoms in total. The number of aliphatic imine (C=N–C) groups is 1. The predicted molar refractivity (Wildman–Crippen MR) is 101 cm³/mol. The van der Waals surface area contributed by atoms with Crippen molar-refractivity contribution in [1.29, 1.82) is 0 Å². The number of hydrogen-bond acceptors (Lipinski definition) is 3. The lowest BCUT2D eigenvalue weighted by Gasteiger charge is -2.13. The summed E-state index contributed by atoms with van der Waals surface area (Å²) in [7, 11) is 1.73. The Hall–Kier alpha value is -2.76. The van der Waals surface area contributed by atoms with Gasteiger partial charge in [0.2, 0.25) is 0 Å². The van der Waals surface area contributed by atoms with Gasteiger partial charge in [-0.2, -0.15) is 0 Å². The van der Waals surface area contributed by atoms with Crippen molar-refractivity contribution in [3.05, 3.63) is 59.4 Å². The minimum atomic E-state index is -0.300. The highest BCUT2D eigenvalue weighted by atomic mass is 19.1. The van der Waals surface area contributed by atoms with Crippen molar-refractivity contribution in [2.75, 3.05) is 33.4 Å². The van der Waals surface area contributed by atoms with Gasteiger partial charge in [0.05, 0.1) is 13.2 Å². The van der Waals surface area contributed by atoms with Gasteiger partial charge in [0, 0.05) is 26.1 Å². The molecule has 2 aromatic carbocycles. The number of rotatable bonds is 7. The normalized spacial score (nSPS) is 13.1. The fourth-order valence-corrected chi connectivity index (χ4v) is 2.84. The van der Waals surface area contributed by atoms with Crippen LogP contribution in [-0.4, -0.2) is 39.3 Å². The van der Waals surface area contributed by atoms with E-state index in [0.717, 1.165) is 37.7 Å². The lowest BCUT2D eigenvalue weighted by molar-refractivity contribution is 0.320. The topological polar surface area (TPSA) is 54.9 Å². The van der Waals surface area contributed by atoms with Crippen LogP contribution in [-0.2, 0) is 12.8 Å². The second kappa shape index (κ2) is 9.08. The van der Waals surface area contributed by atoms with Crippen LogP contribution >= 0.6 is 0 Å². The first-order chi connectivity index (χ1) is 12.7. The van der Waals surface area contributed by atoms with Crippen molar-refractivity contribution in [3.8, 4) is 11.5 Å². The molecule has 0 amide bonds. The third-order valence-corrected chi connectivity index (χ3v) is 4.14. The molecule has 0 saturated carbocycles. The molecule has 0 spiro atoms. The highest BCUT2D eigenvalue weighted by Gasteiger charge is 2.11. The van der Waals surface area contributed by atoms with E-state index in [9.17, 15) is 4.39 Å². The number of benzene rings is 2. The summed E-state index contributed by atoms with van der Waals surface area (Å²) < 4.78 is 24.1. The van der Waals surface area contributed by atoms with Crippen molar-refractivity contribution < 1.29 is 13.9 Å². The molecule has 0 fully saturated rings. The van der Waals surface area contributed by atoms with Gasteiger partial charge in [-0.05, 0) is 35.7 Å². The van der Waals surface area contributed by atoms with Crippen LogP contribution < -0.4 is 20.1 Å². The lowest BCUT2D eigenvalue weighted by atomic mass is 10.1. The van der Waals surface area contributed by atoms with Crippen molar-refractivity contribution in [2.45, 2.75) is 12.8 Å². The van der Waals surface area contributed by atoms with Gasteiger partial charge in [0.25, 0.3) is 0 Å². The number of guanidine groups is 1. The van der Waals surface area contributed by atoms with Gasteiger partial charge in [0.1, 0.15) is 23.9 Å². The third kappa shape index (κ3) is 5.12. The maximum atomic E-state index is 13.1. The molecule has 26 heavy (non-hydrogen) atoms. The van der Waals surface area contributed by atoms with Crippen LogP contribution in [0.15, 0.2) is 47.5 Å². The molecule has 0 aromatic heterocycles. The Kier molecular flexibility index (Phi) is 6.30. The van der Waals surface area contributed by atoms with Gasteiger partial charge >= 0.3 is 0 Å². The summed E-state index contributed by atoms with van der Waals surface area (Å²) in [6, 6.07) is 12.5. The van der Waals surface area contributed by atoms with E-state index in [1.54, 1.807) is 19.2 Å². The van der Waals surface area contributed by atoms with Gasteiger partial charge in [-0.1, -0.05) is 18.2 Å². The molecular formula is C20H24FN3O2. The maximum Gasteiger partial charge on any atom is 0.191 e. The van der Waals surface area contributed by atoms with Crippen LogP contribution in [0, 0.1) is 5.82 Å². The smallest absolute Gasteiger partial charge is 0.191 e. The molecule has 0 bridgehead atoms. The van der Waals surface area contributed by atoms with E-state index in [0.29, 0.717) is 18.9 Å². The minimum Gasteiger partial charge on any atom is -0.493 e. The van der Waals surface area contributed by atoms with Crippen molar-refractivity contribution in [1.82, 2.24) is 10.6 Å². The number of fused-ring (bicyclic) bond motifs is 1. The molecule has 1 aliphatic heterocycles. The highest BCUT2D eigenvalue weighted by Crippen LogP contribution is 2.25. The summed E-state index contributed by atoms with van der Waals surface area (Å²) in [4.78, 5) is 4.19. The number of hydrogen-bond donors (Lipinski definition) is 2. The zero-order valence-corrected chi connectivity index (χ0v) is 14.9. The molecule has 1 aliphatic rings. The van der Waals surface area contributed by atoms with E-state index in [1.165, 1.54) is 23.3 Å². The Morgan fingerprint density at radius 1 is 1.19 bits per heavy atom. The third-order valence-electron chi connectivity index (χ3n) is 4.14. The van der Waals surface area contributed by atoms with E-state index >= 15 is 0 Å². The molecule has 3 rings (SSSR count). The fraction of sp³-hybridized carbons (Fsp3) is 0.350. The molecule has 0 unspecified atom stereocenters. The SMILES string of the molecule is CN=C(NCCOc1cccc(F)c1)NCCc1ccc2c(c1)CCO2. The van der Waals surface area contributed by atoms with E-state index in [-0.39, 0.29) is 5.82 Å². The van der Waals surface area contributed by atoms with E-state index in [1.807, 2.05) is 0 Å². The maximum absolute atomic E-state index is 13.1. The summed E-state index contributed by atoms with van der Waals surface area (Å²) in [5.74, 6) is 1.95. The van der Waals surface area contributed by atoms with Crippen LogP contribution in [0.25, 0.3) is 0 Å². The minimum absolute atomic E-state index is 0.300. The molecule has 138 valence electrons. The summed E-state index contributed by atoms with van der Waals surface area (Å²) in [6.07, 6.45) is 1.90. The Morgan fingerprint density at radius 3 is 2.92 bits per heavy atom. The van der Waals surface area contributed by atoms with Crippen molar-refractivity contribution >= 4 is 5.96 Å². The molecule has 0 radical (unpaired) electrons. The Morgan fingerprint density at radius 2 is 2.08 bits per heavy atom. The second-order valence-corrected chi connectivity index (χ2v) is 6.02. The van der Waals surface area contributed by atoms with E-state index in [2.05, 4.69) is 33.8 Å². The van der Waals surface area contributed by atoms with E-state index in [4.69, 9.17) is 9.47 Å². The Bertz CT molecular complexity index is 764. The number of nitrogens with zero attached hydrogens (tertiary/aromatic N) is 1. The van der Waals surface area contributed by atoms with Crippen LogP contribution in [0.5, 0.6) is 11.5 Å². The average molecular weight is 357 g/mol. The largest absolute Gasteiger partial charge is 0.493 e. The summed E-state index contributed by atoms with van der Waals surface area (Å²) in [5.41, 5.74) is 2.58. The molecule has 0 aliphatic carbocycles. The molecule has 6 heteroatoms. The van der Waals surface area contributed by atoms with Gasteiger partial charge < -0.3 is 20.1 Å². The Balaban J connectivity index is 1.35. The van der Waals surface area contributed by atoms with Crippen LogP contribution in [0.4, 0.5) is 4.39 Å². The molecule has 1 heterocycles. The molecule has 0 atom stereocenters. The van der Waals surface area contributed by atoms with E-state index < -0.39 is 0 Å². The second-order valence-electron chi connectivity index (χ2n) is 6.02. The van der Waals surface area contributed by atoms with Gasteiger partial charge in [0.15, 0.2) is 5.96 Å². The fourth-order valence-electron chi connectivity index (χ4n) is 2.84. The predicted octanol–water partition coefficient (Wildman–Crippen LogP) is 2.55. The number of ether oxygens (including phenoxy) is 2. The van der Waals surface area contributed by atoms with Crippen LogP contribution in [0.2, 0.25) is 0 Å². The lowest BCUT2D eigenvalue weighted by Crippen LogP contribution is -2.40. The average Bonchev–Trinajstić information content (AvgIpc) is 3.11. The standard InChI is InChI=1S/C20H24FN3O2/c1-22-20(24-10-12-25-18-4-2-3-17(21)14-18)23-9-7-15-5-6-19-16(13-15)8-11-26-19/h2-6,13-14H,7-12H2,1H3,(H2,22,23,24). The monoisotopic (exact) mass is 357 g/mol. The van der Waals surface area contributed by atoms with Gasteiger partial charge in [-0.15, -0.1) is 0 Å². The summed E-state index contributed by atoms with van der Waals surface area (Å²) >= 11 is 0. The molecule has 2 aromatic rings. The zero-order chi connectivity index (χ0) is 18.2. The summed E-state index contributed by atoms with van der Waals surface area (Å²) in [6.45, 7) is 2.57. The number of halogens is 1. The molecule has 0 saturated heterocycles. The quantitative estimate of drug-likeness (QED) is 0.454. The highest BCUT2D eigenvalue weighted by molar-refractivity contribution is 5.79. The molecular weight excluding hydrogens is 333 g/mol. The first-order valence-corrected chi connectivity index (χ1v) is 8.82. The number of nitrogens with one attached hydrogen (secondary N) is 2. The van der Waals surface area contributed by atoms with Crippen LogP contribution in [0.3, 0.4) is 0 Å². The van der Waals surface area contributed by atoms with Gasteiger partial charge in [-0.3, -0.25) is 4.99 Å². The molecule has 2 N–H and O–H groups in total. The summed E-state index contributed by atoms with van der Waals surface area (Å²) in [5, 5.41) is 6.47. The first kappa shape index (κ1) is 18.0. The first-order valence-electron chi connectivity index (χ1n) is 8.82. The Labute approximate surface area is 153 Å². The van der Waals surface area contributed by atoms with Crippen molar-refractivity contribution in [2.24, 2.45) is 4.99 Å². The van der Waals surface area contributed by atoms with Crippen LogP contribution in [0.1, 0.15) is 11.1 Å².